The van der Waals surface area contributed by atoms with Gasteiger partial charge in [-0.2, -0.15) is 9.97 Å². The van der Waals surface area contributed by atoms with Gasteiger partial charge in [0.05, 0.1) is 25.1 Å². The predicted molar refractivity (Wildman–Crippen MR) is 87.0 cm³/mol. The Balaban J connectivity index is 1.97. The highest BCUT2D eigenvalue weighted by atomic mass is 16.5. The smallest absolute Gasteiger partial charge is 0.224 e. The Bertz CT molecular complexity index is 798. The third-order valence-electron chi connectivity index (χ3n) is 3.75. The number of hydrogen-bond donors (Lipinski definition) is 3. The summed E-state index contributed by atoms with van der Waals surface area (Å²) >= 11 is 0. The van der Waals surface area contributed by atoms with Gasteiger partial charge in [0, 0.05) is 17.9 Å². The number of aromatic nitrogens is 4. The number of fused-ring (bicyclic) bond motifs is 1. The molecule has 2 aromatic rings. The van der Waals surface area contributed by atoms with Gasteiger partial charge in [-0.05, 0) is 5.53 Å². The van der Waals surface area contributed by atoms with Crippen molar-refractivity contribution in [1.82, 2.24) is 19.5 Å². The normalized spacial score (nSPS) is 23.1. The number of nitrogens with zero attached hydrogens (tertiary/aromatic N) is 7. The minimum atomic E-state index is -0.569. The molecule has 0 aliphatic carbocycles. The van der Waals surface area contributed by atoms with E-state index in [0.29, 0.717) is 29.9 Å². The molecule has 11 nitrogen and oxygen atoms in total. The molecule has 0 bridgehead atoms. The maximum absolute atomic E-state index is 9.38. The first kappa shape index (κ1) is 16.0. The average molecular weight is 331 g/mol. The number of azide groups is 1. The summed E-state index contributed by atoms with van der Waals surface area (Å²) in [5.41, 5.74) is 15.4. The van der Waals surface area contributed by atoms with Gasteiger partial charge < -0.3 is 20.9 Å². The van der Waals surface area contributed by atoms with Gasteiger partial charge in [0.1, 0.15) is 6.23 Å². The van der Waals surface area contributed by atoms with E-state index in [1.807, 2.05) is 0 Å². The summed E-state index contributed by atoms with van der Waals surface area (Å²) in [7, 11) is 0. The highest BCUT2D eigenvalue weighted by molar-refractivity contribution is 5.84. The number of ether oxygens (including phenoxy) is 1. The summed E-state index contributed by atoms with van der Waals surface area (Å²) in [5, 5.41) is 16.1. The fourth-order valence-electron chi connectivity index (χ4n) is 2.67. The van der Waals surface area contributed by atoms with Crippen LogP contribution in [0.1, 0.15) is 12.6 Å². The molecule has 4 N–H and O–H groups in total. The van der Waals surface area contributed by atoms with Gasteiger partial charge in [-0.15, -0.1) is 6.58 Å². The van der Waals surface area contributed by atoms with Crippen LogP contribution < -0.4 is 11.1 Å². The van der Waals surface area contributed by atoms with Gasteiger partial charge in [0.15, 0.2) is 17.0 Å². The second-order valence-electron chi connectivity index (χ2n) is 5.24. The zero-order valence-electron chi connectivity index (χ0n) is 12.8. The topological polar surface area (TPSA) is 160 Å². The number of imidazole rings is 1. The van der Waals surface area contributed by atoms with Crippen molar-refractivity contribution in [2.75, 3.05) is 24.2 Å². The summed E-state index contributed by atoms with van der Waals surface area (Å²) in [6, 6.07) is -0.458. The van der Waals surface area contributed by atoms with Crippen LogP contribution in [0, 0.1) is 0 Å². The van der Waals surface area contributed by atoms with E-state index >= 15 is 0 Å². The number of nitrogen functional groups attached to an aromatic ring is 1. The summed E-state index contributed by atoms with van der Waals surface area (Å²) in [4.78, 5) is 15.5. The van der Waals surface area contributed by atoms with Crippen molar-refractivity contribution in [2.45, 2.75) is 24.8 Å². The molecule has 2 aromatic heterocycles. The molecule has 3 rings (SSSR count). The molecule has 0 aromatic carbocycles. The minimum Gasteiger partial charge on any atom is -0.394 e. The highest BCUT2D eigenvalue weighted by Gasteiger charge is 2.36. The first-order valence-electron chi connectivity index (χ1n) is 7.33. The number of rotatable bonds is 6. The Morgan fingerprint density at radius 2 is 2.46 bits per heavy atom. The molecule has 24 heavy (non-hydrogen) atoms. The number of nitrogens with two attached hydrogens (primary N) is 1. The van der Waals surface area contributed by atoms with E-state index in [4.69, 9.17) is 16.0 Å². The lowest BCUT2D eigenvalue weighted by molar-refractivity contribution is -0.0232. The van der Waals surface area contributed by atoms with Crippen molar-refractivity contribution in [3.8, 4) is 0 Å². The molecule has 11 heteroatoms. The predicted octanol–water partition coefficient (Wildman–Crippen LogP) is 0.965. The van der Waals surface area contributed by atoms with Crippen LogP contribution >= 0.6 is 0 Å². The van der Waals surface area contributed by atoms with E-state index in [1.165, 1.54) is 0 Å². The third-order valence-corrected chi connectivity index (χ3v) is 3.75. The largest absolute Gasteiger partial charge is 0.394 e. The van der Waals surface area contributed by atoms with Gasteiger partial charge in [-0.3, -0.25) is 4.57 Å². The van der Waals surface area contributed by atoms with E-state index in [2.05, 4.69) is 36.9 Å². The van der Waals surface area contributed by atoms with E-state index in [1.54, 1.807) is 17.0 Å². The fourth-order valence-corrected chi connectivity index (χ4v) is 2.67. The third kappa shape index (κ3) is 2.83. The fraction of sp³-hybridized carbons (Fsp3) is 0.462. The number of hydrogen-bond acceptors (Lipinski definition) is 8. The summed E-state index contributed by atoms with van der Waals surface area (Å²) < 4.78 is 7.46. The lowest BCUT2D eigenvalue weighted by atomic mass is 10.1. The van der Waals surface area contributed by atoms with Crippen molar-refractivity contribution < 1.29 is 9.84 Å². The van der Waals surface area contributed by atoms with Crippen molar-refractivity contribution in [3.05, 3.63) is 29.4 Å². The van der Waals surface area contributed by atoms with Gasteiger partial charge in [-0.1, -0.05) is 11.2 Å². The Kier molecular flexibility index (Phi) is 4.47. The molecular formula is C13H17N9O2. The molecule has 1 aliphatic rings. The highest BCUT2D eigenvalue weighted by Crippen LogP contribution is 2.33. The van der Waals surface area contributed by atoms with Crippen LogP contribution in [0.3, 0.4) is 0 Å². The molecule has 0 radical (unpaired) electrons. The Morgan fingerprint density at radius 1 is 1.62 bits per heavy atom. The molecule has 0 saturated carbocycles. The molecule has 0 amide bonds. The molecule has 1 fully saturated rings. The van der Waals surface area contributed by atoms with E-state index in [-0.39, 0.29) is 12.6 Å². The van der Waals surface area contributed by atoms with Gasteiger partial charge in [0.25, 0.3) is 0 Å². The molecular weight excluding hydrogens is 314 g/mol. The lowest BCUT2D eigenvalue weighted by Crippen LogP contribution is -2.22. The second-order valence-corrected chi connectivity index (χ2v) is 5.24. The van der Waals surface area contributed by atoms with Crippen molar-refractivity contribution in [2.24, 2.45) is 5.11 Å². The van der Waals surface area contributed by atoms with Gasteiger partial charge in [-0.25, -0.2) is 4.98 Å². The maximum Gasteiger partial charge on any atom is 0.224 e. The first-order chi connectivity index (χ1) is 11.7. The number of aliphatic hydroxyl groups is 1. The average Bonchev–Trinajstić information content (AvgIpc) is 3.16. The lowest BCUT2D eigenvalue weighted by Gasteiger charge is -2.14. The van der Waals surface area contributed by atoms with Gasteiger partial charge >= 0.3 is 0 Å². The Morgan fingerprint density at radius 3 is 3.17 bits per heavy atom. The SMILES string of the molecule is C=CCNc1nc(N)nc2c1ncn2[C@H]1CC(N=[N+]=[N-])[C@@H](CO)O1. The Labute approximate surface area is 136 Å². The van der Waals surface area contributed by atoms with Crippen LogP contribution in [0.5, 0.6) is 0 Å². The van der Waals surface area contributed by atoms with Crippen LogP contribution in [0.15, 0.2) is 24.1 Å². The van der Waals surface area contributed by atoms with E-state index < -0.39 is 18.4 Å². The number of aliphatic hydroxyl groups excluding tert-OH is 1. The zero-order chi connectivity index (χ0) is 17.1. The summed E-state index contributed by atoms with van der Waals surface area (Å²) in [6.07, 6.45) is 2.62. The van der Waals surface area contributed by atoms with Crippen LogP contribution in [0.4, 0.5) is 11.8 Å². The van der Waals surface area contributed by atoms with Gasteiger partial charge in [0.2, 0.25) is 5.95 Å². The summed E-state index contributed by atoms with van der Waals surface area (Å²) in [6.45, 7) is 3.91. The molecule has 126 valence electrons. The van der Waals surface area contributed by atoms with Crippen molar-refractivity contribution >= 4 is 22.9 Å². The first-order valence-corrected chi connectivity index (χ1v) is 7.33. The maximum atomic E-state index is 9.38. The quantitative estimate of drug-likeness (QED) is 0.307. The van der Waals surface area contributed by atoms with E-state index in [0.717, 1.165) is 0 Å². The zero-order valence-corrected chi connectivity index (χ0v) is 12.8. The molecule has 3 atom stereocenters. The van der Waals surface area contributed by atoms with Crippen molar-refractivity contribution in [3.63, 3.8) is 0 Å². The van der Waals surface area contributed by atoms with Crippen LogP contribution in [0.25, 0.3) is 21.6 Å². The van der Waals surface area contributed by atoms with Crippen molar-refractivity contribution in [1.29, 1.82) is 0 Å². The number of nitrogens with one attached hydrogen (secondary N) is 1. The second kappa shape index (κ2) is 6.71. The van der Waals surface area contributed by atoms with Crippen LogP contribution in [-0.4, -0.2) is 49.9 Å². The van der Waals surface area contributed by atoms with E-state index in [9.17, 15) is 5.11 Å². The standard InChI is InChI=1S/C13H17N9O2/c1-2-3-16-11-10-12(19-13(14)18-11)22(6-17-10)9-4-7(20-21-15)8(5-23)24-9/h2,6-9,23H,1,3-5H2,(H3,14,16,18,19)/t7?,8-,9-/m1/s1. The molecule has 1 aliphatic heterocycles. The van der Waals surface area contributed by atoms with Crippen LogP contribution in [0.2, 0.25) is 0 Å². The Hall–Kier alpha value is -2.88. The molecule has 1 unspecified atom stereocenters. The van der Waals surface area contributed by atoms with Crippen LogP contribution in [-0.2, 0) is 4.74 Å². The minimum absolute atomic E-state index is 0.0964. The molecule has 1 saturated heterocycles. The molecule has 3 heterocycles. The number of anilines is 2. The molecule has 0 spiro atoms. The summed E-state index contributed by atoms with van der Waals surface area (Å²) in [5.74, 6) is 0.596. The monoisotopic (exact) mass is 331 g/mol.